The van der Waals surface area contributed by atoms with Crippen LogP contribution in [0.15, 0.2) is 24.3 Å². The number of rotatable bonds is 4. The molecule has 1 atom stereocenters. The van der Waals surface area contributed by atoms with Crippen LogP contribution in [0.2, 0.25) is 0 Å². The second kappa shape index (κ2) is 5.23. The second-order valence-corrected chi connectivity index (χ2v) is 11.3. The Balaban J connectivity index is 3.23. The van der Waals surface area contributed by atoms with Crippen LogP contribution in [0.4, 0.5) is 5.69 Å². The molecule has 1 aromatic carbocycles. The van der Waals surface area contributed by atoms with Crippen molar-refractivity contribution in [3.8, 4) is 0 Å². The lowest BCUT2D eigenvalue weighted by atomic mass is 10.1. The van der Waals surface area contributed by atoms with Crippen LogP contribution >= 0.6 is 38.5 Å². The molecule has 0 fully saturated rings. The summed E-state index contributed by atoms with van der Waals surface area (Å²) >= 11 is 4.60. The van der Waals surface area contributed by atoms with Gasteiger partial charge in [0.2, 0.25) is 7.45 Å². The molecular formula is C10H11BrINO3S. The van der Waals surface area contributed by atoms with Crippen LogP contribution in [0, 0.1) is 0 Å². The summed E-state index contributed by atoms with van der Waals surface area (Å²) in [4.78, 5) is 12.1. The van der Waals surface area contributed by atoms with E-state index in [0.717, 1.165) is 0 Å². The number of hydrogen-bond donors (Lipinski definition) is 1. The van der Waals surface area contributed by atoms with Crippen molar-refractivity contribution in [2.75, 3.05) is 11.5 Å². The first-order chi connectivity index (χ1) is 7.72. The zero-order valence-electron chi connectivity index (χ0n) is 8.98. The van der Waals surface area contributed by atoms with E-state index in [0.29, 0.717) is 5.69 Å². The van der Waals surface area contributed by atoms with E-state index < -0.39 is 17.3 Å². The molecule has 0 unspecified atom stereocenters. The number of nitrogens with two attached hydrogens (primary N) is 1. The highest BCUT2D eigenvalue weighted by molar-refractivity contribution is 14.1. The van der Waals surface area contributed by atoms with Crippen molar-refractivity contribution in [1.29, 1.82) is 0 Å². The van der Waals surface area contributed by atoms with Crippen molar-refractivity contribution in [2.45, 2.75) is 8.59 Å². The minimum Gasteiger partial charge on any atom is -0.399 e. The monoisotopic (exact) mass is 431 g/mol. The molecule has 94 valence electrons. The lowest BCUT2D eigenvalue weighted by Gasteiger charge is -2.18. The minimum absolute atomic E-state index is 0.116. The number of ketones is 1. The average Bonchev–Trinajstić information content (AvgIpc) is 2.27. The van der Waals surface area contributed by atoms with E-state index in [9.17, 15) is 13.2 Å². The van der Waals surface area contributed by atoms with Gasteiger partial charge in [-0.15, -0.1) is 0 Å². The number of halogens is 2. The SMILES string of the molecule is CCS(=O)(=O)[C@](Br)(I)C(=O)c1cccc(N)c1. The van der Waals surface area contributed by atoms with E-state index in [-0.39, 0.29) is 11.3 Å². The van der Waals surface area contributed by atoms with E-state index in [2.05, 4.69) is 15.9 Å². The highest BCUT2D eigenvalue weighted by Crippen LogP contribution is 2.37. The van der Waals surface area contributed by atoms with Gasteiger partial charge in [-0.2, -0.15) is 0 Å². The van der Waals surface area contributed by atoms with Gasteiger partial charge in [0, 0.05) is 11.3 Å². The predicted octanol–water partition coefficient (Wildman–Crippen LogP) is 2.37. The molecule has 17 heavy (non-hydrogen) atoms. The first-order valence-electron chi connectivity index (χ1n) is 4.73. The molecule has 1 rings (SSSR count). The van der Waals surface area contributed by atoms with Gasteiger partial charge in [-0.25, -0.2) is 8.42 Å². The molecule has 0 aliphatic heterocycles. The Labute approximate surface area is 122 Å². The largest absolute Gasteiger partial charge is 0.399 e. The van der Waals surface area contributed by atoms with Crippen molar-refractivity contribution < 1.29 is 13.2 Å². The van der Waals surface area contributed by atoms with Crippen LogP contribution < -0.4 is 5.73 Å². The Morgan fingerprint density at radius 3 is 2.59 bits per heavy atom. The molecule has 0 saturated heterocycles. The summed E-state index contributed by atoms with van der Waals surface area (Å²) in [6.07, 6.45) is 0. The number of alkyl halides is 2. The zero-order chi connectivity index (χ0) is 13.3. The molecule has 0 aromatic heterocycles. The number of nitrogen functional groups attached to an aromatic ring is 1. The van der Waals surface area contributed by atoms with E-state index in [1.54, 1.807) is 40.8 Å². The van der Waals surface area contributed by atoms with Gasteiger partial charge in [-0.05, 0) is 50.7 Å². The molecule has 0 aliphatic carbocycles. The van der Waals surface area contributed by atoms with E-state index in [4.69, 9.17) is 5.73 Å². The fourth-order valence-corrected chi connectivity index (χ4v) is 4.09. The highest BCUT2D eigenvalue weighted by atomic mass is 127. The Kier molecular flexibility index (Phi) is 4.59. The maximum Gasteiger partial charge on any atom is 0.239 e. The number of carbonyl (C=O) groups is 1. The van der Waals surface area contributed by atoms with Gasteiger partial charge in [0.25, 0.3) is 0 Å². The molecule has 0 bridgehead atoms. The van der Waals surface area contributed by atoms with Crippen LogP contribution in [-0.2, 0) is 9.84 Å². The summed E-state index contributed by atoms with van der Waals surface area (Å²) in [6.45, 7) is 1.50. The van der Waals surface area contributed by atoms with Crippen LogP contribution in [0.3, 0.4) is 0 Å². The number of benzene rings is 1. The Hall–Kier alpha value is -0.150. The average molecular weight is 432 g/mol. The number of sulfone groups is 1. The molecular weight excluding hydrogens is 421 g/mol. The van der Waals surface area contributed by atoms with Crippen LogP contribution in [0.1, 0.15) is 17.3 Å². The Morgan fingerprint density at radius 1 is 1.53 bits per heavy atom. The second-order valence-electron chi connectivity index (χ2n) is 3.37. The number of carbonyl (C=O) groups excluding carboxylic acids is 1. The van der Waals surface area contributed by atoms with Crippen molar-refractivity contribution in [3.05, 3.63) is 29.8 Å². The van der Waals surface area contributed by atoms with E-state index in [1.807, 2.05) is 0 Å². The van der Waals surface area contributed by atoms with E-state index >= 15 is 0 Å². The minimum atomic E-state index is -3.54. The highest BCUT2D eigenvalue weighted by Gasteiger charge is 2.45. The maximum atomic E-state index is 12.1. The lowest BCUT2D eigenvalue weighted by Crippen LogP contribution is -2.35. The third-order valence-electron chi connectivity index (χ3n) is 2.18. The van der Waals surface area contributed by atoms with Gasteiger partial charge in [-0.3, -0.25) is 4.79 Å². The molecule has 2 N–H and O–H groups in total. The van der Waals surface area contributed by atoms with Gasteiger partial charge in [-0.1, -0.05) is 19.1 Å². The van der Waals surface area contributed by atoms with E-state index in [1.165, 1.54) is 13.0 Å². The summed E-state index contributed by atoms with van der Waals surface area (Å²) in [5.74, 6) is -0.637. The number of anilines is 1. The van der Waals surface area contributed by atoms with Crippen LogP contribution in [0.25, 0.3) is 0 Å². The fourth-order valence-electron chi connectivity index (χ4n) is 1.17. The molecule has 7 heteroatoms. The summed E-state index contributed by atoms with van der Waals surface area (Å²) in [6, 6.07) is 6.25. The van der Waals surface area contributed by atoms with Gasteiger partial charge in [0.05, 0.1) is 5.75 Å². The topological polar surface area (TPSA) is 77.2 Å². The standard InChI is InChI=1S/C10H11BrINO3S/c1-2-17(15,16)10(11,12)9(14)7-4-3-5-8(13)6-7/h3-6H,2,13H2,1H3/t10-/m1/s1. The molecule has 0 radical (unpaired) electrons. The van der Waals surface area contributed by atoms with Crippen molar-refractivity contribution in [3.63, 3.8) is 0 Å². The molecule has 4 nitrogen and oxygen atoms in total. The van der Waals surface area contributed by atoms with Crippen LogP contribution in [-0.4, -0.2) is 21.6 Å². The molecule has 0 amide bonds. The molecule has 0 heterocycles. The first-order valence-corrected chi connectivity index (χ1v) is 8.25. The van der Waals surface area contributed by atoms with Crippen molar-refractivity contribution in [2.24, 2.45) is 0 Å². The van der Waals surface area contributed by atoms with Crippen molar-refractivity contribution >= 4 is 59.8 Å². The van der Waals surface area contributed by atoms with Crippen LogP contribution in [0.5, 0.6) is 0 Å². The maximum absolute atomic E-state index is 12.1. The number of Topliss-reactive ketones (excluding diaryl/α,β-unsaturated/α-hetero) is 1. The zero-order valence-corrected chi connectivity index (χ0v) is 13.5. The quantitative estimate of drug-likeness (QED) is 0.343. The summed E-state index contributed by atoms with van der Waals surface area (Å²) in [5, 5.41) is 0. The smallest absolute Gasteiger partial charge is 0.239 e. The summed E-state index contributed by atoms with van der Waals surface area (Å²) in [7, 11) is -3.54. The summed E-state index contributed by atoms with van der Waals surface area (Å²) < 4.78 is 22.0. The first kappa shape index (κ1) is 14.9. The van der Waals surface area contributed by atoms with Gasteiger partial charge in [0.1, 0.15) is 0 Å². The van der Waals surface area contributed by atoms with Gasteiger partial charge >= 0.3 is 0 Å². The molecule has 0 spiro atoms. The lowest BCUT2D eigenvalue weighted by molar-refractivity contribution is 0.101. The fraction of sp³-hybridized carbons (Fsp3) is 0.300. The predicted molar refractivity (Wildman–Crippen MR) is 80.3 cm³/mol. The molecule has 0 aliphatic rings. The van der Waals surface area contributed by atoms with Gasteiger partial charge < -0.3 is 5.73 Å². The Bertz CT molecular complexity index is 542. The number of hydrogen-bond acceptors (Lipinski definition) is 4. The third-order valence-corrected chi connectivity index (χ3v) is 8.25. The normalized spacial score (nSPS) is 15.2. The third kappa shape index (κ3) is 3.00. The molecule has 1 aromatic rings. The summed E-state index contributed by atoms with van der Waals surface area (Å²) in [5.41, 5.74) is 6.25. The van der Waals surface area contributed by atoms with Crippen molar-refractivity contribution in [1.82, 2.24) is 0 Å². The molecule has 0 saturated carbocycles. The Morgan fingerprint density at radius 2 is 2.12 bits per heavy atom. The van der Waals surface area contributed by atoms with Gasteiger partial charge in [0.15, 0.2) is 9.84 Å².